The Bertz CT molecular complexity index is 4070. The molecule has 0 aliphatic heterocycles. The van der Waals surface area contributed by atoms with E-state index in [-0.39, 0.29) is 22.5 Å². The van der Waals surface area contributed by atoms with Crippen LogP contribution >= 0.6 is 22.7 Å². The predicted molar refractivity (Wildman–Crippen MR) is 248 cm³/mol. The van der Waals surface area contributed by atoms with Crippen molar-refractivity contribution in [1.29, 1.82) is 10.5 Å². The molecule has 0 radical (unpaired) electrons. The molecule has 4 aromatic heterocycles. The van der Waals surface area contributed by atoms with Gasteiger partial charge in [-0.05, 0) is 48.0 Å². The molecule has 60 heavy (non-hydrogen) atoms. The zero-order valence-electron chi connectivity index (χ0n) is 31.4. The Balaban J connectivity index is 1.16. The Morgan fingerprint density at radius 2 is 0.967 bits per heavy atom. The molecular weight excluding hydrogens is 773 g/mol. The summed E-state index contributed by atoms with van der Waals surface area (Å²) in [6, 6.07) is 53.9. The van der Waals surface area contributed by atoms with E-state index in [1.807, 2.05) is 48.5 Å². The van der Waals surface area contributed by atoms with E-state index < -0.39 is 0 Å². The van der Waals surface area contributed by atoms with Crippen LogP contribution in [0, 0.1) is 35.8 Å². The molecule has 274 valence electrons. The molecule has 0 unspecified atom stereocenters. The highest BCUT2D eigenvalue weighted by Crippen LogP contribution is 2.50. The van der Waals surface area contributed by atoms with Crippen molar-refractivity contribution in [2.24, 2.45) is 0 Å². The van der Waals surface area contributed by atoms with Crippen LogP contribution in [0.1, 0.15) is 11.1 Å². The van der Waals surface area contributed by atoms with Crippen molar-refractivity contribution in [3.05, 3.63) is 180 Å². The highest BCUT2D eigenvalue weighted by molar-refractivity contribution is 7.27. The Hall–Kier alpha value is -8.24. The first-order chi connectivity index (χ1) is 29.6. The third-order valence-corrected chi connectivity index (χ3v) is 14.3. The average molecular weight is 797 g/mol. The number of fused-ring (bicyclic) bond motifs is 14. The lowest BCUT2D eigenvalue weighted by Gasteiger charge is -2.19. The van der Waals surface area contributed by atoms with Crippen LogP contribution in [0.4, 0.5) is 11.4 Å². The number of nitrogens with zero attached hydrogens (tertiary/aromatic N) is 6. The van der Waals surface area contributed by atoms with Gasteiger partial charge in [0.1, 0.15) is 12.1 Å². The van der Waals surface area contributed by atoms with Crippen molar-refractivity contribution in [2.45, 2.75) is 0 Å². The third-order valence-electron chi connectivity index (χ3n) is 11.9. The van der Waals surface area contributed by atoms with Crippen LogP contribution in [0.15, 0.2) is 146 Å². The lowest BCUT2D eigenvalue weighted by Crippen LogP contribution is -2.03. The van der Waals surface area contributed by atoms with Gasteiger partial charge in [0, 0.05) is 73.1 Å². The molecule has 0 fully saturated rings. The fourth-order valence-electron chi connectivity index (χ4n) is 9.42. The molecule has 0 spiro atoms. The van der Waals surface area contributed by atoms with E-state index in [9.17, 15) is 10.5 Å². The van der Waals surface area contributed by atoms with Crippen molar-refractivity contribution in [2.75, 3.05) is 0 Å². The summed E-state index contributed by atoms with van der Waals surface area (Å²) < 4.78 is 8.90. The predicted octanol–water partition coefficient (Wildman–Crippen LogP) is 15.1. The van der Waals surface area contributed by atoms with E-state index in [2.05, 4.69) is 122 Å². The van der Waals surface area contributed by atoms with E-state index in [1.54, 1.807) is 28.7 Å². The number of hydrogen-bond acceptors (Lipinski definition) is 4. The number of nitriles is 2. The van der Waals surface area contributed by atoms with E-state index in [0.717, 1.165) is 53.7 Å². The van der Waals surface area contributed by atoms with Crippen LogP contribution in [-0.4, -0.2) is 9.13 Å². The Morgan fingerprint density at radius 1 is 0.450 bits per heavy atom. The quantitative estimate of drug-likeness (QED) is 0.167. The van der Waals surface area contributed by atoms with Gasteiger partial charge in [-0.3, -0.25) is 4.85 Å². The Labute approximate surface area is 350 Å². The van der Waals surface area contributed by atoms with E-state index >= 15 is 0 Å². The smallest absolute Gasteiger partial charge is 0.218 e. The van der Waals surface area contributed by atoms with Gasteiger partial charge in [0.2, 0.25) is 5.69 Å². The second-order valence-electron chi connectivity index (χ2n) is 14.7. The molecule has 0 amide bonds. The Morgan fingerprint density at radius 3 is 1.53 bits per heavy atom. The molecule has 0 aliphatic rings. The second-order valence-corrected chi connectivity index (χ2v) is 16.8. The minimum atomic E-state index is 0.183. The van der Waals surface area contributed by atoms with Crippen molar-refractivity contribution < 1.29 is 0 Å². The molecule has 12 rings (SSSR count). The molecule has 0 bridgehead atoms. The molecule has 0 saturated heterocycles. The zero-order chi connectivity index (χ0) is 40.2. The molecule has 0 saturated carbocycles. The lowest BCUT2D eigenvalue weighted by atomic mass is 9.92. The maximum absolute atomic E-state index is 11.1. The van der Waals surface area contributed by atoms with Crippen molar-refractivity contribution in [3.63, 3.8) is 0 Å². The number of rotatable bonds is 3. The summed E-state index contributed by atoms with van der Waals surface area (Å²) in [5, 5.41) is 31.2. The van der Waals surface area contributed by atoms with Gasteiger partial charge in [0.05, 0.1) is 52.0 Å². The summed E-state index contributed by atoms with van der Waals surface area (Å²) in [5.41, 5.74) is 6.65. The van der Waals surface area contributed by atoms with Crippen molar-refractivity contribution in [3.8, 4) is 34.6 Å². The zero-order valence-corrected chi connectivity index (χ0v) is 33.0. The van der Waals surface area contributed by atoms with Crippen LogP contribution in [-0.2, 0) is 0 Å². The van der Waals surface area contributed by atoms with Crippen molar-refractivity contribution >= 4 is 118 Å². The van der Waals surface area contributed by atoms with Crippen LogP contribution in [0.5, 0.6) is 0 Å². The maximum atomic E-state index is 11.1. The number of para-hydroxylation sites is 2. The highest BCUT2D eigenvalue weighted by Gasteiger charge is 2.27. The van der Waals surface area contributed by atoms with E-state index in [0.29, 0.717) is 22.5 Å². The lowest BCUT2D eigenvalue weighted by molar-refractivity contribution is 1.16. The molecule has 8 aromatic carbocycles. The van der Waals surface area contributed by atoms with Gasteiger partial charge in [-0.15, -0.1) is 22.7 Å². The largest absolute Gasteiger partial charge is 0.320 e. The molecule has 0 N–H and O–H groups in total. The fraction of sp³-hybridized carbons (Fsp3) is 0. The minimum Gasteiger partial charge on any atom is -0.320 e. The maximum Gasteiger partial charge on any atom is 0.218 e. The topological polar surface area (TPSA) is 66.2 Å². The first-order valence-electron chi connectivity index (χ1n) is 19.2. The standard InChI is InChI=1S/C52H24N6S2/c1-55-39-23-19-32(50(49(39)56-2)58-41-16-8-4-14-36(41)48-44(58)26-22-34-31-12-6-10-18-46(31)60-52(34)48)29-20-24-42(38(28-54)37(29)27-53)57-40-15-7-3-13-35(40)47-43(57)25-21-33-30-11-5-9-17-45(30)59-51(33)47/h3-26H. The van der Waals surface area contributed by atoms with E-state index in [4.69, 9.17) is 13.1 Å². The van der Waals surface area contributed by atoms with Crippen molar-refractivity contribution in [1.82, 2.24) is 9.13 Å². The van der Waals surface area contributed by atoms with Gasteiger partial charge in [0.15, 0.2) is 5.69 Å². The summed E-state index contributed by atoms with van der Waals surface area (Å²) in [6.45, 7) is 16.6. The molecule has 8 heteroatoms. The molecule has 6 nitrogen and oxygen atoms in total. The van der Waals surface area contributed by atoms with Gasteiger partial charge >= 0.3 is 0 Å². The van der Waals surface area contributed by atoms with E-state index in [1.165, 1.54) is 30.3 Å². The number of thiophene rings is 2. The summed E-state index contributed by atoms with van der Waals surface area (Å²) >= 11 is 3.51. The number of hydrogen-bond donors (Lipinski definition) is 0. The Kier molecular flexibility index (Phi) is 7.13. The number of benzene rings is 8. The summed E-state index contributed by atoms with van der Waals surface area (Å²) in [6.07, 6.45) is 0. The third kappa shape index (κ3) is 4.41. The highest BCUT2D eigenvalue weighted by atomic mass is 32.1. The van der Waals surface area contributed by atoms with Gasteiger partial charge in [-0.1, -0.05) is 103 Å². The van der Waals surface area contributed by atoms with Crippen LogP contribution in [0.2, 0.25) is 0 Å². The molecule has 0 aliphatic carbocycles. The van der Waals surface area contributed by atoms with Gasteiger partial charge in [-0.25, -0.2) is 4.85 Å². The first kappa shape index (κ1) is 33.9. The monoisotopic (exact) mass is 796 g/mol. The second kappa shape index (κ2) is 12.6. The number of aromatic nitrogens is 2. The molecule has 0 atom stereocenters. The summed E-state index contributed by atoms with van der Waals surface area (Å²) in [5.74, 6) is 0. The summed E-state index contributed by atoms with van der Waals surface area (Å²) in [4.78, 5) is 7.83. The van der Waals surface area contributed by atoms with Gasteiger partial charge in [0.25, 0.3) is 0 Å². The van der Waals surface area contributed by atoms with Crippen LogP contribution < -0.4 is 0 Å². The van der Waals surface area contributed by atoms with Gasteiger partial charge < -0.3 is 9.13 Å². The van der Waals surface area contributed by atoms with Crippen LogP contribution in [0.25, 0.3) is 116 Å². The van der Waals surface area contributed by atoms with Crippen LogP contribution in [0.3, 0.4) is 0 Å². The fourth-order valence-corrected chi connectivity index (χ4v) is 11.9. The molecule has 4 heterocycles. The molecular formula is C52H24N6S2. The van der Waals surface area contributed by atoms with Gasteiger partial charge in [-0.2, -0.15) is 10.5 Å². The summed E-state index contributed by atoms with van der Waals surface area (Å²) in [7, 11) is 0. The normalized spacial score (nSPS) is 11.6. The average Bonchev–Trinajstić information content (AvgIpc) is 4.05. The first-order valence-corrected chi connectivity index (χ1v) is 20.8. The minimum absolute atomic E-state index is 0.183. The SMILES string of the molecule is [C-]#[N+]c1ccc(-c2ccc(-n3c4ccccc4c4c5sc6ccccc6c5ccc43)c(C#N)c2C#N)c(-n2c3ccccc3c3c4sc5ccccc5c4ccc32)c1[N+]#[C-]. The molecule has 12 aromatic rings.